The predicted octanol–water partition coefficient (Wildman–Crippen LogP) is 4.52. The Hall–Kier alpha value is -1.01. The van der Waals surface area contributed by atoms with Crippen LogP contribution in [0.15, 0.2) is 16.6 Å². The van der Waals surface area contributed by atoms with Crippen molar-refractivity contribution in [3.05, 3.63) is 27.4 Å². The quantitative estimate of drug-likeness (QED) is 0.787. The van der Waals surface area contributed by atoms with Crippen molar-refractivity contribution in [1.82, 2.24) is 0 Å². The van der Waals surface area contributed by atoms with E-state index in [1.54, 1.807) is 6.92 Å². The van der Waals surface area contributed by atoms with Gasteiger partial charge in [0.25, 0.3) is 0 Å². The number of hydrogen-bond acceptors (Lipinski definition) is 3. The monoisotopic (exact) mass is 381 g/mol. The molecule has 21 heavy (non-hydrogen) atoms. The van der Waals surface area contributed by atoms with E-state index < -0.39 is 17.5 Å². The molecule has 0 bridgehead atoms. The van der Waals surface area contributed by atoms with E-state index in [1.807, 2.05) is 13.8 Å². The Morgan fingerprint density at radius 3 is 2.62 bits per heavy atom. The van der Waals surface area contributed by atoms with Gasteiger partial charge >= 0.3 is 6.09 Å². The topological polar surface area (TPSA) is 61.6 Å². The molecule has 0 aliphatic heterocycles. The van der Waals surface area contributed by atoms with Crippen LogP contribution in [0.5, 0.6) is 5.75 Å². The first-order chi connectivity index (χ1) is 9.63. The Labute approximate surface area is 136 Å². The van der Waals surface area contributed by atoms with E-state index in [-0.39, 0.29) is 23.3 Å². The van der Waals surface area contributed by atoms with Crippen molar-refractivity contribution >= 4 is 33.6 Å². The summed E-state index contributed by atoms with van der Waals surface area (Å²) < 4.78 is 24.9. The fourth-order valence-electron chi connectivity index (χ4n) is 2.13. The average Bonchev–Trinajstić information content (AvgIpc) is 2.24. The van der Waals surface area contributed by atoms with Crippen molar-refractivity contribution in [2.75, 3.05) is 6.61 Å². The van der Waals surface area contributed by atoms with Gasteiger partial charge < -0.3 is 15.2 Å². The lowest BCUT2D eigenvalue weighted by atomic mass is 9.95. The Bertz CT molecular complexity index is 504. The maximum Gasteiger partial charge on any atom is 0.405 e. The highest BCUT2D eigenvalue weighted by Gasteiger charge is 2.31. The summed E-state index contributed by atoms with van der Waals surface area (Å²) in [4.78, 5) is 11.0. The lowest BCUT2D eigenvalue weighted by Gasteiger charge is -2.30. The molecule has 0 aromatic heterocycles. The molecule has 7 heteroatoms. The van der Waals surface area contributed by atoms with Gasteiger partial charge in [-0.2, -0.15) is 0 Å². The molecule has 0 saturated heterocycles. The molecule has 1 amide bonds. The molecule has 0 fully saturated rings. The Morgan fingerprint density at radius 2 is 2.14 bits per heavy atom. The molecule has 0 spiro atoms. The summed E-state index contributed by atoms with van der Waals surface area (Å²) in [5, 5.41) is 0.132. The minimum Gasteiger partial charge on any atom is -0.485 e. The lowest BCUT2D eigenvalue weighted by molar-refractivity contribution is -0.0193. The van der Waals surface area contributed by atoms with Gasteiger partial charge in [0.05, 0.1) is 5.02 Å². The molecule has 0 heterocycles. The number of ether oxygens (including phenoxy) is 2. The van der Waals surface area contributed by atoms with Crippen LogP contribution in [-0.2, 0) is 4.74 Å². The van der Waals surface area contributed by atoms with Gasteiger partial charge in [0.1, 0.15) is 12.2 Å². The van der Waals surface area contributed by atoms with Gasteiger partial charge in [-0.05, 0) is 31.4 Å². The summed E-state index contributed by atoms with van der Waals surface area (Å²) in [6.07, 6.45) is -0.379. The number of carbonyl (C=O) groups excluding carboxylic acids is 1. The van der Waals surface area contributed by atoms with Crippen LogP contribution in [0.4, 0.5) is 9.18 Å². The standard InChI is InChI=1S/C14H18BrClFNO3/c1-8(2)6-14(3,21-13(18)19)7-20-12-10(16)4-9(15)5-11(12)17/h4-5,8H,6-7H2,1-3H3,(H2,18,19). The highest BCUT2D eigenvalue weighted by molar-refractivity contribution is 9.10. The number of halogens is 3. The maximum atomic E-state index is 13.8. The molecule has 118 valence electrons. The Morgan fingerprint density at radius 1 is 1.52 bits per heavy atom. The van der Waals surface area contributed by atoms with Crippen LogP contribution in [0, 0.1) is 11.7 Å². The van der Waals surface area contributed by atoms with E-state index in [4.69, 9.17) is 26.8 Å². The molecule has 4 nitrogen and oxygen atoms in total. The number of carbonyl (C=O) groups is 1. The van der Waals surface area contributed by atoms with Gasteiger partial charge in [-0.1, -0.05) is 41.4 Å². The van der Waals surface area contributed by atoms with Crippen LogP contribution in [0.2, 0.25) is 5.02 Å². The molecular weight excluding hydrogens is 365 g/mol. The SMILES string of the molecule is CC(C)CC(C)(COc1c(F)cc(Br)cc1Cl)OC(N)=O. The van der Waals surface area contributed by atoms with Crippen LogP contribution < -0.4 is 10.5 Å². The van der Waals surface area contributed by atoms with E-state index in [0.717, 1.165) is 0 Å². The van der Waals surface area contributed by atoms with Crippen molar-refractivity contribution in [2.24, 2.45) is 11.7 Å². The predicted molar refractivity (Wildman–Crippen MR) is 83.1 cm³/mol. The Kier molecular flexibility index (Phi) is 6.28. The van der Waals surface area contributed by atoms with E-state index in [2.05, 4.69) is 15.9 Å². The third-order valence-electron chi connectivity index (χ3n) is 2.67. The van der Waals surface area contributed by atoms with E-state index in [1.165, 1.54) is 12.1 Å². The molecular formula is C14H18BrClFNO3. The molecule has 1 aromatic rings. The van der Waals surface area contributed by atoms with Crippen molar-refractivity contribution in [3.63, 3.8) is 0 Å². The molecule has 1 atom stereocenters. The fraction of sp³-hybridized carbons (Fsp3) is 0.500. The fourth-order valence-corrected chi connectivity index (χ4v) is 2.95. The van der Waals surface area contributed by atoms with Gasteiger partial charge in [0, 0.05) is 4.47 Å². The van der Waals surface area contributed by atoms with E-state index in [0.29, 0.717) is 10.9 Å². The van der Waals surface area contributed by atoms with Crippen molar-refractivity contribution in [2.45, 2.75) is 32.8 Å². The van der Waals surface area contributed by atoms with Crippen molar-refractivity contribution in [1.29, 1.82) is 0 Å². The normalized spacial score (nSPS) is 13.9. The number of benzene rings is 1. The first-order valence-corrected chi connectivity index (χ1v) is 7.56. The molecule has 2 N–H and O–H groups in total. The second kappa shape index (κ2) is 7.31. The third-order valence-corrected chi connectivity index (χ3v) is 3.41. The third kappa shape index (κ3) is 5.71. The molecule has 0 radical (unpaired) electrons. The van der Waals surface area contributed by atoms with Crippen LogP contribution in [0.25, 0.3) is 0 Å². The molecule has 0 aliphatic rings. The molecule has 1 rings (SSSR count). The minimum absolute atomic E-state index is 0.0492. The summed E-state index contributed by atoms with van der Waals surface area (Å²) in [6, 6.07) is 2.77. The average molecular weight is 383 g/mol. The number of nitrogens with two attached hydrogens (primary N) is 1. The lowest BCUT2D eigenvalue weighted by Crippen LogP contribution is -2.41. The van der Waals surface area contributed by atoms with E-state index >= 15 is 0 Å². The van der Waals surface area contributed by atoms with Crippen molar-refractivity contribution in [3.8, 4) is 5.75 Å². The molecule has 1 aromatic carbocycles. The summed E-state index contributed by atoms with van der Waals surface area (Å²) in [5.74, 6) is -0.438. The van der Waals surface area contributed by atoms with Gasteiger partial charge in [0.15, 0.2) is 11.6 Å². The summed E-state index contributed by atoms with van der Waals surface area (Å²) in [5.41, 5.74) is 4.12. The molecule has 1 unspecified atom stereocenters. The van der Waals surface area contributed by atoms with Crippen LogP contribution in [-0.4, -0.2) is 18.3 Å². The number of hydrogen-bond donors (Lipinski definition) is 1. The zero-order valence-electron chi connectivity index (χ0n) is 12.1. The van der Waals surface area contributed by atoms with Crippen LogP contribution in [0.3, 0.4) is 0 Å². The second-order valence-corrected chi connectivity index (χ2v) is 6.78. The molecule has 0 aliphatic carbocycles. The summed E-state index contributed by atoms with van der Waals surface area (Å²) >= 11 is 9.08. The zero-order valence-corrected chi connectivity index (χ0v) is 14.4. The molecule has 0 saturated carbocycles. The minimum atomic E-state index is -0.956. The van der Waals surface area contributed by atoms with Gasteiger partial charge in [0.2, 0.25) is 0 Å². The number of amides is 1. The largest absolute Gasteiger partial charge is 0.485 e. The summed E-state index contributed by atoms with van der Waals surface area (Å²) in [6.45, 7) is 5.57. The second-order valence-electron chi connectivity index (χ2n) is 5.46. The number of rotatable bonds is 6. The highest BCUT2D eigenvalue weighted by Crippen LogP contribution is 2.33. The highest BCUT2D eigenvalue weighted by atomic mass is 79.9. The van der Waals surface area contributed by atoms with Crippen LogP contribution >= 0.6 is 27.5 Å². The van der Waals surface area contributed by atoms with Crippen LogP contribution in [0.1, 0.15) is 27.2 Å². The van der Waals surface area contributed by atoms with Gasteiger partial charge in [-0.3, -0.25) is 0 Å². The maximum absolute atomic E-state index is 13.8. The van der Waals surface area contributed by atoms with E-state index in [9.17, 15) is 9.18 Å². The Balaban J connectivity index is 2.89. The smallest absolute Gasteiger partial charge is 0.405 e. The van der Waals surface area contributed by atoms with Gasteiger partial charge in [-0.25, -0.2) is 9.18 Å². The van der Waals surface area contributed by atoms with Crippen molar-refractivity contribution < 1.29 is 18.7 Å². The first kappa shape index (κ1) is 18.0. The summed E-state index contributed by atoms with van der Waals surface area (Å²) in [7, 11) is 0. The van der Waals surface area contributed by atoms with Gasteiger partial charge in [-0.15, -0.1) is 0 Å². The number of primary amides is 1. The first-order valence-electron chi connectivity index (χ1n) is 6.39. The zero-order chi connectivity index (χ0) is 16.2.